The number of rotatable bonds is 2. The Balaban J connectivity index is 1.45. The van der Waals surface area contributed by atoms with Crippen molar-refractivity contribution in [3.63, 3.8) is 0 Å². The molecule has 26 heavy (non-hydrogen) atoms. The lowest BCUT2D eigenvalue weighted by Crippen LogP contribution is -2.59. The Bertz CT molecular complexity index is 786. The van der Waals surface area contributed by atoms with Crippen LogP contribution in [0.4, 0.5) is 5.69 Å². The first-order valence-electron chi connectivity index (χ1n) is 8.87. The SMILES string of the molecule is O=C(c1ccccn1)N1CCC2(CC1)CN(c1ccccc1)C(=O)CO2. The van der Waals surface area contributed by atoms with Crippen molar-refractivity contribution in [1.29, 1.82) is 0 Å². The van der Waals surface area contributed by atoms with Crippen molar-refractivity contribution >= 4 is 17.5 Å². The summed E-state index contributed by atoms with van der Waals surface area (Å²) in [4.78, 5) is 32.6. The van der Waals surface area contributed by atoms with Gasteiger partial charge in [0.05, 0.1) is 12.1 Å². The maximum atomic E-state index is 12.6. The Morgan fingerprint density at radius 2 is 1.77 bits per heavy atom. The molecule has 2 amide bonds. The van der Waals surface area contributed by atoms with Gasteiger partial charge in [0, 0.05) is 25.0 Å². The first-order chi connectivity index (χ1) is 12.7. The molecule has 0 saturated carbocycles. The number of hydrogen-bond donors (Lipinski definition) is 0. The highest BCUT2D eigenvalue weighted by atomic mass is 16.5. The van der Waals surface area contributed by atoms with E-state index in [-0.39, 0.29) is 24.0 Å². The smallest absolute Gasteiger partial charge is 0.272 e. The molecular formula is C20H21N3O3. The fraction of sp³-hybridized carbons (Fsp3) is 0.350. The van der Waals surface area contributed by atoms with Crippen molar-refractivity contribution < 1.29 is 14.3 Å². The molecule has 0 N–H and O–H groups in total. The summed E-state index contributed by atoms with van der Waals surface area (Å²) in [7, 11) is 0. The van der Waals surface area contributed by atoms with Crippen LogP contribution < -0.4 is 4.90 Å². The Morgan fingerprint density at radius 1 is 1.04 bits per heavy atom. The van der Waals surface area contributed by atoms with Crippen molar-refractivity contribution in [2.45, 2.75) is 18.4 Å². The molecule has 2 fully saturated rings. The third kappa shape index (κ3) is 3.20. The summed E-state index contributed by atoms with van der Waals surface area (Å²) in [6, 6.07) is 15.0. The molecule has 0 unspecified atom stereocenters. The van der Waals surface area contributed by atoms with Gasteiger partial charge in [-0.15, -0.1) is 0 Å². The highest BCUT2D eigenvalue weighted by molar-refractivity contribution is 5.95. The normalized spacial score (nSPS) is 19.6. The largest absolute Gasteiger partial charge is 0.363 e. The number of nitrogens with zero attached hydrogens (tertiary/aromatic N) is 3. The first kappa shape index (κ1) is 16.7. The van der Waals surface area contributed by atoms with E-state index in [1.54, 1.807) is 23.2 Å². The van der Waals surface area contributed by atoms with Crippen molar-refractivity contribution in [3.05, 3.63) is 60.4 Å². The van der Waals surface area contributed by atoms with Gasteiger partial charge in [-0.05, 0) is 37.1 Å². The number of para-hydroxylation sites is 1. The van der Waals surface area contributed by atoms with Crippen LogP contribution in [0, 0.1) is 0 Å². The molecule has 0 aliphatic carbocycles. The Labute approximate surface area is 152 Å². The molecule has 2 aliphatic rings. The number of amides is 2. The Hall–Kier alpha value is -2.73. The molecule has 4 rings (SSSR count). The second kappa shape index (κ2) is 6.88. The number of carbonyl (C=O) groups is 2. The standard InChI is InChI=1S/C20H21N3O3/c24-18-14-26-20(15-23(18)16-6-2-1-3-7-16)9-12-22(13-10-20)19(25)17-8-4-5-11-21-17/h1-8,11H,9-10,12-15H2. The number of hydrogen-bond acceptors (Lipinski definition) is 4. The van der Waals surface area contributed by atoms with Crippen LogP contribution in [0.25, 0.3) is 0 Å². The van der Waals surface area contributed by atoms with Crippen LogP contribution in [0.1, 0.15) is 23.3 Å². The lowest BCUT2D eigenvalue weighted by atomic mass is 9.89. The van der Waals surface area contributed by atoms with E-state index in [2.05, 4.69) is 4.98 Å². The van der Waals surface area contributed by atoms with Crippen molar-refractivity contribution in [2.24, 2.45) is 0 Å². The van der Waals surface area contributed by atoms with Crippen LogP contribution in [-0.2, 0) is 9.53 Å². The van der Waals surface area contributed by atoms with Crippen molar-refractivity contribution in [1.82, 2.24) is 9.88 Å². The third-order valence-corrected chi connectivity index (χ3v) is 5.16. The van der Waals surface area contributed by atoms with Crippen LogP contribution in [0.3, 0.4) is 0 Å². The third-order valence-electron chi connectivity index (χ3n) is 5.16. The fourth-order valence-corrected chi connectivity index (χ4v) is 3.63. The van der Waals surface area contributed by atoms with E-state index >= 15 is 0 Å². The minimum Gasteiger partial charge on any atom is -0.363 e. The number of aromatic nitrogens is 1. The molecule has 0 bridgehead atoms. The van der Waals surface area contributed by atoms with E-state index in [1.165, 1.54) is 0 Å². The second-order valence-electron chi connectivity index (χ2n) is 6.79. The molecular weight excluding hydrogens is 330 g/mol. The van der Waals surface area contributed by atoms with Gasteiger partial charge in [0.25, 0.3) is 11.8 Å². The van der Waals surface area contributed by atoms with Crippen LogP contribution in [-0.4, -0.2) is 53.5 Å². The number of anilines is 1. The zero-order valence-corrected chi connectivity index (χ0v) is 14.5. The van der Waals surface area contributed by atoms with Gasteiger partial charge >= 0.3 is 0 Å². The number of likely N-dealkylation sites (tertiary alicyclic amines) is 1. The van der Waals surface area contributed by atoms with E-state index in [0.717, 1.165) is 5.69 Å². The fourth-order valence-electron chi connectivity index (χ4n) is 3.63. The zero-order valence-electron chi connectivity index (χ0n) is 14.5. The van der Waals surface area contributed by atoms with Crippen LogP contribution in [0.15, 0.2) is 54.7 Å². The molecule has 2 aromatic rings. The molecule has 0 radical (unpaired) electrons. The molecule has 2 aliphatic heterocycles. The van der Waals surface area contributed by atoms with E-state index in [4.69, 9.17) is 4.74 Å². The summed E-state index contributed by atoms with van der Waals surface area (Å²) in [6.45, 7) is 1.82. The number of benzene rings is 1. The van der Waals surface area contributed by atoms with Crippen molar-refractivity contribution in [2.75, 3.05) is 31.1 Å². The maximum Gasteiger partial charge on any atom is 0.272 e. The summed E-state index contributed by atoms with van der Waals surface area (Å²) in [6.07, 6.45) is 3.05. The number of piperidine rings is 1. The summed E-state index contributed by atoms with van der Waals surface area (Å²) >= 11 is 0. The van der Waals surface area contributed by atoms with E-state index in [1.807, 2.05) is 41.3 Å². The van der Waals surface area contributed by atoms with E-state index in [0.29, 0.717) is 38.2 Å². The second-order valence-corrected chi connectivity index (χ2v) is 6.79. The molecule has 1 aromatic carbocycles. The quantitative estimate of drug-likeness (QED) is 0.831. The molecule has 3 heterocycles. The van der Waals surface area contributed by atoms with Gasteiger partial charge < -0.3 is 14.5 Å². The monoisotopic (exact) mass is 351 g/mol. The summed E-state index contributed by atoms with van der Waals surface area (Å²) in [5.74, 6) is -0.0685. The van der Waals surface area contributed by atoms with Gasteiger partial charge in [-0.25, -0.2) is 0 Å². The van der Waals surface area contributed by atoms with E-state index in [9.17, 15) is 9.59 Å². The number of pyridine rings is 1. The molecule has 1 aromatic heterocycles. The Morgan fingerprint density at radius 3 is 2.46 bits per heavy atom. The number of carbonyl (C=O) groups excluding carboxylic acids is 2. The average Bonchev–Trinajstić information content (AvgIpc) is 2.71. The zero-order chi connectivity index (χ0) is 18.0. The molecule has 0 atom stereocenters. The first-order valence-corrected chi connectivity index (χ1v) is 8.87. The van der Waals surface area contributed by atoms with Gasteiger partial charge in [0.1, 0.15) is 12.3 Å². The van der Waals surface area contributed by atoms with Crippen molar-refractivity contribution in [3.8, 4) is 0 Å². The Kier molecular flexibility index (Phi) is 4.42. The van der Waals surface area contributed by atoms with Gasteiger partial charge in [0.2, 0.25) is 0 Å². The predicted octanol–water partition coefficient (Wildman–Crippen LogP) is 2.12. The molecule has 2 saturated heterocycles. The highest BCUT2D eigenvalue weighted by Crippen LogP contribution is 2.33. The van der Waals surface area contributed by atoms with Gasteiger partial charge in [0.15, 0.2) is 0 Å². The maximum absolute atomic E-state index is 12.6. The van der Waals surface area contributed by atoms with Gasteiger partial charge in [-0.3, -0.25) is 14.6 Å². The van der Waals surface area contributed by atoms with Crippen LogP contribution in [0.5, 0.6) is 0 Å². The summed E-state index contributed by atoms with van der Waals surface area (Å²) in [5.41, 5.74) is 0.978. The summed E-state index contributed by atoms with van der Waals surface area (Å²) < 4.78 is 5.96. The number of morpholine rings is 1. The molecule has 134 valence electrons. The lowest BCUT2D eigenvalue weighted by molar-refractivity contribution is -0.143. The van der Waals surface area contributed by atoms with E-state index < -0.39 is 0 Å². The predicted molar refractivity (Wildman–Crippen MR) is 96.9 cm³/mol. The molecule has 1 spiro atoms. The summed E-state index contributed by atoms with van der Waals surface area (Å²) in [5, 5.41) is 0. The van der Waals surface area contributed by atoms with Gasteiger partial charge in [-0.1, -0.05) is 24.3 Å². The lowest BCUT2D eigenvalue weighted by Gasteiger charge is -2.46. The highest BCUT2D eigenvalue weighted by Gasteiger charge is 2.43. The molecule has 6 heteroatoms. The topological polar surface area (TPSA) is 62.7 Å². The van der Waals surface area contributed by atoms with Crippen LogP contribution >= 0.6 is 0 Å². The molecule has 6 nitrogen and oxygen atoms in total. The minimum atomic E-state index is -0.384. The average molecular weight is 351 g/mol. The number of ether oxygens (including phenoxy) is 1. The van der Waals surface area contributed by atoms with Gasteiger partial charge in [-0.2, -0.15) is 0 Å². The van der Waals surface area contributed by atoms with Crippen LogP contribution in [0.2, 0.25) is 0 Å². The minimum absolute atomic E-state index is 0.0196.